The van der Waals surface area contributed by atoms with Crippen molar-refractivity contribution in [1.29, 1.82) is 0 Å². The number of ether oxygens (including phenoxy) is 2. The van der Waals surface area contributed by atoms with Crippen molar-refractivity contribution in [2.45, 2.75) is 24.7 Å². The summed E-state index contributed by atoms with van der Waals surface area (Å²) in [6, 6.07) is 28.8. The lowest BCUT2D eigenvalue weighted by atomic mass is 9.98. The highest BCUT2D eigenvalue weighted by Gasteiger charge is 2.29. The molecule has 0 spiro atoms. The molecule has 0 radical (unpaired) electrons. The minimum Gasteiger partial charge on any atom is -0.489 e. The lowest BCUT2D eigenvalue weighted by Crippen LogP contribution is -2.36. The van der Waals surface area contributed by atoms with Crippen molar-refractivity contribution < 1.29 is 28.9 Å². The van der Waals surface area contributed by atoms with Gasteiger partial charge in [-0.25, -0.2) is 9.18 Å². The van der Waals surface area contributed by atoms with Gasteiger partial charge in [-0.05, 0) is 57.6 Å². The highest BCUT2D eigenvalue weighted by molar-refractivity contribution is 5.79. The zero-order chi connectivity index (χ0) is 26.5. The molecule has 2 unspecified atom stereocenters. The second-order valence-electron chi connectivity index (χ2n) is 9.20. The zero-order valence-corrected chi connectivity index (χ0v) is 20.6. The summed E-state index contributed by atoms with van der Waals surface area (Å²) in [5.74, 6) is 0.197. The molecule has 194 valence electrons. The summed E-state index contributed by atoms with van der Waals surface area (Å²) in [7, 11) is 0. The summed E-state index contributed by atoms with van der Waals surface area (Å²) < 4.78 is 24.2. The smallest absolute Gasteiger partial charge is 0.407 e. The minimum atomic E-state index is -1.23. The van der Waals surface area contributed by atoms with Crippen LogP contribution in [-0.2, 0) is 11.3 Å². The van der Waals surface area contributed by atoms with Gasteiger partial charge in [0.15, 0.2) is 0 Å². The number of aliphatic hydroxyl groups excluding tert-OH is 2. The number of nitrogens with one attached hydrogen (secondary N) is 1. The van der Waals surface area contributed by atoms with Crippen molar-refractivity contribution in [2.24, 2.45) is 0 Å². The number of hydrogen-bond donors (Lipinski definition) is 3. The Balaban J connectivity index is 1.10. The van der Waals surface area contributed by atoms with Gasteiger partial charge in [0.25, 0.3) is 0 Å². The summed E-state index contributed by atoms with van der Waals surface area (Å²) >= 11 is 0. The molecular weight excluding hydrogens is 485 g/mol. The Kier molecular flexibility index (Phi) is 7.67. The van der Waals surface area contributed by atoms with Crippen LogP contribution < -0.4 is 10.1 Å². The van der Waals surface area contributed by atoms with Crippen LogP contribution in [0.2, 0.25) is 0 Å². The number of halogens is 1. The molecule has 5 rings (SSSR count). The average molecular weight is 514 g/mol. The van der Waals surface area contributed by atoms with Crippen molar-refractivity contribution in [3.05, 3.63) is 125 Å². The standard InChI is InChI=1S/C31H28FNO5/c32-22-13-9-20(10-14-22)18-37-23-15-11-21(12-16-23)30(35)29(34)17-33-31(36)38-19-28-26-7-3-1-5-24(26)25-6-2-4-8-27(25)28/h1-16,28-30,34-35H,17-19H2,(H,33,36). The van der Waals surface area contributed by atoms with Crippen LogP contribution in [0.15, 0.2) is 97.1 Å². The number of carbonyl (C=O) groups excluding carboxylic acids is 1. The third kappa shape index (κ3) is 5.69. The molecule has 4 aromatic rings. The quantitative estimate of drug-likeness (QED) is 0.281. The van der Waals surface area contributed by atoms with Crippen LogP contribution in [0.25, 0.3) is 11.1 Å². The molecule has 0 saturated carbocycles. The molecule has 0 aromatic heterocycles. The van der Waals surface area contributed by atoms with E-state index in [4.69, 9.17) is 9.47 Å². The fourth-order valence-corrected chi connectivity index (χ4v) is 4.68. The molecular formula is C31H28FNO5. The van der Waals surface area contributed by atoms with Gasteiger partial charge in [-0.2, -0.15) is 0 Å². The second kappa shape index (κ2) is 11.5. The molecule has 0 fully saturated rings. The van der Waals surface area contributed by atoms with Gasteiger partial charge in [-0.15, -0.1) is 0 Å². The summed E-state index contributed by atoms with van der Waals surface area (Å²) in [5, 5.41) is 23.5. The molecule has 4 aromatic carbocycles. The number of fused-ring (bicyclic) bond motifs is 3. The molecule has 0 saturated heterocycles. The molecule has 38 heavy (non-hydrogen) atoms. The molecule has 1 amide bonds. The lowest BCUT2D eigenvalue weighted by molar-refractivity contribution is 0.0185. The van der Waals surface area contributed by atoms with Crippen molar-refractivity contribution in [2.75, 3.05) is 13.2 Å². The van der Waals surface area contributed by atoms with Crippen LogP contribution >= 0.6 is 0 Å². The van der Waals surface area contributed by atoms with Crippen molar-refractivity contribution in [3.63, 3.8) is 0 Å². The van der Waals surface area contributed by atoms with Crippen molar-refractivity contribution in [1.82, 2.24) is 5.32 Å². The van der Waals surface area contributed by atoms with Crippen LogP contribution in [0.3, 0.4) is 0 Å². The van der Waals surface area contributed by atoms with E-state index in [1.54, 1.807) is 36.4 Å². The van der Waals surface area contributed by atoms with Crippen LogP contribution in [0.5, 0.6) is 5.75 Å². The minimum absolute atomic E-state index is 0.0625. The molecule has 0 heterocycles. The summed E-state index contributed by atoms with van der Waals surface area (Å²) in [6.07, 6.45) is -3.11. The number of hydrogen-bond acceptors (Lipinski definition) is 5. The van der Waals surface area contributed by atoms with Gasteiger partial charge >= 0.3 is 6.09 Å². The van der Waals surface area contributed by atoms with Crippen LogP contribution in [0, 0.1) is 5.82 Å². The fraction of sp³-hybridized carbons (Fsp3) is 0.194. The Hall–Kier alpha value is -4.20. The third-order valence-corrected chi connectivity index (χ3v) is 6.70. The first-order valence-electron chi connectivity index (χ1n) is 12.4. The van der Waals surface area contributed by atoms with Gasteiger partial charge in [0.05, 0.1) is 0 Å². The first kappa shape index (κ1) is 25.4. The van der Waals surface area contributed by atoms with Crippen LogP contribution in [-0.4, -0.2) is 35.6 Å². The Morgan fingerprint density at radius 1 is 0.842 bits per heavy atom. The summed E-state index contributed by atoms with van der Waals surface area (Å²) in [5.41, 5.74) is 5.81. The van der Waals surface area contributed by atoms with E-state index >= 15 is 0 Å². The predicted octanol–water partition coefficient (Wildman–Crippen LogP) is 5.34. The molecule has 2 atom stereocenters. The number of amides is 1. The number of rotatable bonds is 9. The van der Waals surface area contributed by atoms with E-state index in [2.05, 4.69) is 17.4 Å². The number of benzene rings is 4. The van der Waals surface area contributed by atoms with E-state index in [1.165, 1.54) is 12.1 Å². The van der Waals surface area contributed by atoms with Crippen LogP contribution in [0.4, 0.5) is 9.18 Å². The zero-order valence-electron chi connectivity index (χ0n) is 20.6. The van der Waals surface area contributed by atoms with E-state index in [1.807, 2.05) is 36.4 Å². The third-order valence-electron chi connectivity index (χ3n) is 6.70. The Labute approximate surface area is 220 Å². The fourth-order valence-electron chi connectivity index (χ4n) is 4.68. The van der Waals surface area contributed by atoms with Gasteiger partial charge in [-0.1, -0.05) is 72.8 Å². The van der Waals surface area contributed by atoms with E-state index in [-0.39, 0.29) is 31.5 Å². The maximum atomic E-state index is 13.0. The monoisotopic (exact) mass is 513 g/mol. The average Bonchev–Trinajstić information content (AvgIpc) is 3.28. The first-order chi connectivity index (χ1) is 18.5. The largest absolute Gasteiger partial charge is 0.489 e. The molecule has 6 nitrogen and oxygen atoms in total. The number of aliphatic hydroxyl groups is 2. The maximum Gasteiger partial charge on any atom is 0.407 e. The maximum absolute atomic E-state index is 13.0. The van der Waals surface area contributed by atoms with Crippen molar-refractivity contribution in [3.8, 4) is 16.9 Å². The highest BCUT2D eigenvalue weighted by atomic mass is 19.1. The van der Waals surface area contributed by atoms with Gasteiger partial charge in [0, 0.05) is 12.5 Å². The molecule has 0 aliphatic heterocycles. The van der Waals surface area contributed by atoms with Crippen LogP contribution in [0.1, 0.15) is 34.3 Å². The topological polar surface area (TPSA) is 88.0 Å². The molecule has 7 heteroatoms. The Bertz CT molecular complexity index is 1340. The molecule has 1 aliphatic carbocycles. The van der Waals surface area contributed by atoms with E-state index < -0.39 is 18.3 Å². The highest BCUT2D eigenvalue weighted by Crippen LogP contribution is 2.44. The predicted molar refractivity (Wildman–Crippen MR) is 141 cm³/mol. The lowest BCUT2D eigenvalue weighted by Gasteiger charge is -2.19. The van der Waals surface area contributed by atoms with Gasteiger partial charge in [-0.3, -0.25) is 0 Å². The molecule has 1 aliphatic rings. The SMILES string of the molecule is O=C(NCC(O)C(O)c1ccc(OCc2ccc(F)cc2)cc1)OCC1c2ccccc2-c2ccccc21. The first-order valence-corrected chi connectivity index (χ1v) is 12.4. The van der Waals surface area contributed by atoms with Gasteiger partial charge in [0.2, 0.25) is 0 Å². The van der Waals surface area contributed by atoms with E-state index in [0.717, 1.165) is 27.8 Å². The summed E-state index contributed by atoms with van der Waals surface area (Å²) in [4.78, 5) is 12.4. The molecule has 3 N–H and O–H groups in total. The number of carbonyl (C=O) groups is 1. The van der Waals surface area contributed by atoms with E-state index in [0.29, 0.717) is 11.3 Å². The van der Waals surface area contributed by atoms with Crippen molar-refractivity contribution >= 4 is 6.09 Å². The van der Waals surface area contributed by atoms with Gasteiger partial charge < -0.3 is 25.0 Å². The Morgan fingerprint density at radius 3 is 2.08 bits per heavy atom. The second-order valence-corrected chi connectivity index (χ2v) is 9.20. The Morgan fingerprint density at radius 2 is 1.45 bits per heavy atom. The van der Waals surface area contributed by atoms with Gasteiger partial charge in [0.1, 0.15) is 37.0 Å². The normalized spacial score (nSPS) is 13.8. The van der Waals surface area contributed by atoms with E-state index in [9.17, 15) is 19.4 Å². The summed E-state index contributed by atoms with van der Waals surface area (Å²) in [6.45, 7) is 0.257. The molecule has 0 bridgehead atoms. The number of alkyl carbamates (subject to hydrolysis) is 1.